The van der Waals surface area contributed by atoms with Gasteiger partial charge in [0.15, 0.2) is 17.5 Å². The summed E-state index contributed by atoms with van der Waals surface area (Å²) in [6.07, 6.45) is 0.686. The highest BCUT2D eigenvalue weighted by Gasteiger charge is 2.22. The Labute approximate surface area is 113 Å². The first kappa shape index (κ1) is 14.5. The Kier molecular flexibility index (Phi) is 4.08. The minimum atomic E-state index is -1.53. The number of aromatic nitrogens is 2. The summed E-state index contributed by atoms with van der Waals surface area (Å²) in [6.45, 7) is 3.71. The Bertz CT molecular complexity index is 590. The van der Waals surface area contributed by atoms with E-state index in [9.17, 15) is 13.2 Å². The van der Waals surface area contributed by atoms with Crippen LogP contribution in [0.25, 0.3) is 11.4 Å². The molecule has 0 aliphatic carbocycles. The molecule has 0 fully saturated rings. The van der Waals surface area contributed by atoms with Gasteiger partial charge < -0.3 is 10.3 Å². The van der Waals surface area contributed by atoms with Crippen LogP contribution in [-0.2, 0) is 0 Å². The van der Waals surface area contributed by atoms with Crippen molar-refractivity contribution < 1.29 is 17.7 Å². The molecule has 4 nitrogen and oxygen atoms in total. The first-order valence-electron chi connectivity index (χ1n) is 6.18. The van der Waals surface area contributed by atoms with Crippen LogP contribution >= 0.6 is 0 Å². The molecule has 0 bridgehead atoms. The summed E-state index contributed by atoms with van der Waals surface area (Å²) in [6, 6.07) is 1.44. The first-order chi connectivity index (χ1) is 9.43. The molecule has 0 spiro atoms. The number of rotatable bonds is 4. The van der Waals surface area contributed by atoms with E-state index in [0.717, 1.165) is 12.1 Å². The highest BCUT2D eigenvalue weighted by Crippen LogP contribution is 2.25. The van der Waals surface area contributed by atoms with E-state index in [1.54, 1.807) is 6.92 Å². The van der Waals surface area contributed by atoms with Crippen LogP contribution < -0.4 is 5.73 Å². The predicted octanol–water partition coefficient (Wildman–Crippen LogP) is 2.99. The molecule has 0 aliphatic heterocycles. The molecule has 108 valence electrons. The van der Waals surface area contributed by atoms with E-state index in [-0.39, 0.29) is 23.3 Å². The highest BCUT2D eigenvalue weighted by atomic mass is 19.2. The summed E-state index contributed by atoms with van der Waals surface area (Å²) in [4.78, 5) is 4.07. The van der Waals surface area contributed by atoms with Gasteiger partial charge in [0.05, 0.1) is 5.92 Å². The molecule has 2 rings (SSSR count). The lowest BCUT2D eigenvalue weighted by Gasteiger charge is -2.13. The summed E-state index contributed by atoms with van der Waals surface area (Å²) >= 11 is 0. The maximum atomic E-state index is 13.2. The fourth-order valence-corrected chi connectivity index (χ4v) is 1.96. The van der Waals surface area contributed by atoms with Crippen LogP contribution in [0.1, 0.15) is 32.1 Å². The van der Waals surface area contributed by atoms with Crippen LogP contribution in [0, 0.1) is 17.5 Å². The Morgan fingerprint density at radius 3 is 2.35 bits per heavy atom. The number of benzene rings is 1. The fourth-order valence-electron chi connectivity index (χ4n) is 1.96. The lowest BCUT2D eigenvalue weighted by Crippen LogP contribution is -2.24. The van der Waals surface area contributed by atoms with Crippen LogP contribution in [0.3, 0.4) is 0 Å². The molecule has 2 atom stereocenters. The maximum absolute atomic E-state index is 13.2. The molecule has 0 saturated carbocycles. The number of nitrogens with two attached hydrogens (primary N) is 1. The van der Waals surface area contributed by atoms with Gasteiger partial charge in [-0.2, -0.15) is 4.98 Å². The summed E-state index contributed by atoms with van der Waals surface area (Å²) in [5.74, 6) is -3.98. The summed E-state index contributed by atoms with van der Waals surface area (Å²) in [7, 11) is 0. The molecule has 0 radical (unpaired) electrons. The molecule has 0 saturated heterocycles. The van der Waals surface area contributed by atoms with Crippen molar-refractivity contribution in [3.63, 3.8) is 0 Å². The van der Waals surface area contributed by atoms with E-state index >= 15 is 0 Å². The van der Waals surface area contributed by atoms with Crippen LogP contribution in [0.5, 0.6) is 0 Å². The zero-order valence-electron chi connectivity index (χ0n) is 11.0. The normalized spacial score (nSPS) is 14.3. The Morgan fingerprint density at radius 2 is 1.85 bits per heavy atom. The van der Waals surface area contributed by atoms with Gasteiger partial charge in [-0.05, 0) is 25.5 Å². The summed E-state index contributed by atoms with van der Waals surface area (Å²) < 4.78 is 44.3. The smallest absolute Gasteiger partial charge is 0.231 e. The Morgan fingerprint density at radius 1 is 1.25 bits per heavy atom. The number of hydrogen-bond donors (Lipinski definition) is 1. The predicted molar refractivity (Wildman–Crippen MR) is 66.3 cm³/mol. The minimum absolute atomic E-state index is 0.00287. The van der Waals surface area contributed by atoms with Crippen molar-refractivity contribution in [3.05, 3.63) is 35.5 Å². The first-order valence-corrected chi connectivity index (χ1v) is 6.18. The average molecular weight is 285 g/mol. The SMILES string of the molecule is CCC(c1nc(-c2cc(F)c(F)c(F)c2)no1)C(C)N. The number of nitrogens with zero attached hydrogens (tertiary/aromatic N) is 2. The van der Waals surface area contributed by atoms with Crippen LogP contribution in [0.15, 0.2) is 16.7 Å². The third-order valence-corrected chi connectivity index (χ3v) is 3.08. The molecular formula is C13H14F3N3O. The van der Waals surface area contributed by atoms with E-state index in [4.69, 9.17) is 10.3 Å². The topological polar surface area (TPSA) is 64.9 Å². The lowest BCUT2D eigenvalue weighted by molar-refractivity contribution is 0.334. The van der Waals surface area contributed by atoms with Crippen molar-refractivity contribution in [2.45, 2.75) is 32.2 Å². The lowest BCUT2D eigenvalue weighted by atomic mass is 9.99. The molecule has 0 aliphatic rings. The molecule has 2 aromatic rings. The van der Waals surface area contributed by atoms with Gasteiger partial charge in [0.1, 0.15) is 0 Å². The largest absolute Gasteiger partial charge is 0.339 e. The van der Waals surface area contributed by atoms with Gasteiger partial charge in [-0.3, -0.25) is 0 Å². The van der Waals surface area contributed by atoms with E-state index in [1.807, 2.05) is 6.92 Å². The van der Waals surface area contributed by atoms with Crippen molar-refractivity contribution >= 4 is 0 Å². The van der Waals surface area contributed by atoms with E-state index < -0.39 is 17.5 Å². The van der Waals surface area contributed by atoms with Crippen molar-refractivity contribution in [2.75, 3.05) is 0 Å². The van der Waals surface area contributed by atoms with Gasteiger partial charge in [0.2, 0.25) is 11.7 Å². The number of hydrogen-bond acceptors (Lipinski definition) is 4. The van der Waals surface area contributed by atoms with Crippen LogP contribution in [0.2, 0.25) is 0 Å². The van der Waals surface area contributed by atoms with Gasteiger partial charge in [-0.25, -0.2) is 13.2 Å². The Balaban J connectivity index is 2.38. The van der Waals surface area contributed by atoms with Gasteiger partial charge in [-0.1, -0.05) is 12.1 Å². The monoisotopic (exact) mass is 285 g/mol. The molecule has 1 heterocycles. The van der Waals surface area contributed by atoms with Crippen molar-refractivity contribution in [2.24, 2.45) is 5.73 Å². The molecule has 1 aromatic heterocycles. The second kappa shape index (κ2) is 5.62. The van der Waals surface area contributed by atoms with Gasteiger partial charge in [-0.15, -0.1) is 0 Å². The van der Waals surface area contributed by atoms with Crippen molar-refractivity contribution in [1.82, 2.24) is 10.1 Å². The molecule has 0 amide bonds. The molecule has 1 aromatic carbocycles. The quantitative estimate of drug-likeness (QED) is 0.877. The van der Waals surface area contributed by atoms with Crippen LogP contribution in [-0.4, -0.2) is 16.2 Å². The zero-order valence-corrected chi connectivity index (χ0v) is 11.0. The molecule has 20 heavy (non-hydrogen) atoms. The summed E-state index contributed by atoms with van der Waals surface area (Å²) in [5.41, 5.74) is 5.81. The molecule has 2 unspecified atom stereocenters. The van der Waals surface area contributed by atoms with Gasteiger partial charge >= 0.3 is 0 Å². The van der Waals surface area contributed by atoms with E-state index in [2.05, 4.69) is 10.1 Å². The third kappa shape index (κ3) is 2.67. The van der Waals surface area contributed by atoms with Gasteiger partial charge in [0, 0.05) is 11.6 Å². The molecule has 7 heteroatoms. The van der Waals surface area contributed by atoms with Gasteiger partial charge in [0.25, 0.3) is 0 Å². The molecular weight excluding hydrogens is 271 g/mol. The third-order valence-electron chi connectivity index (χ3n) is 3.08. The number of halogens is 3. The second-order valence-corrected chi connectivity index (χ2v) is 4.58. The standard InChI is InChI=1S/C13H14F3N3O/c1-3-8(6(2)17)13-18-12(19-20-13)7-4-9(14)11(16)10(15)5-7/h4-6,8H,3,17H2,1-2H3. The van der Waals surface area contributed by atoms with E-state index in [0.29, 0.717) is 12.3 Å². The summed E-state index contributed by atoms with van der Waals surface area (Å²) in [5, 5.41) is 3.65. The zero-order chi connectivity index (χ0) is 14.9. The second-order valence-electron chi connectivity index (χ2n) is 4.58. The fraction of sp³-hybridized carbons (Fsp3) is 0.385. The average Bonchev–Trinajstić information content (AvgIpc) is 2.85. The maximum Gasteiger partial charge on any atom is 0.231 e. The van der Waals surface area contributed by atoms with Crippen molar-refractivity contribution in [1.29, 1.82) is 0 Å². The Hall–Kier alpha value is -1.89. The van der Waals surface area contributed by atoms with Crippen LogP contribution in [0.4, 0.5) is 13.2 Å². The van der Waals surface area contributed by atoms with E-state index in [1.165, 1.54) is 0 Å². The highest BCUT2D eigenvalue weighted by molar-refractivity contribution is 5.54. The van der Waals surface area contributed by atoms with Crippen molar-refractivity contribution in [3.8, 4) is 11.4 Å². The molecule has 2 N–H and O–H groups in total. The minimum Gasteiger partial charge on any atom is -0.339 e.